The molecule has 0 aliphatic carbocycles. The summed E-state index contributed by atoms with van der Waals surface area (Å²) in [5.74, 6) is 0.864. The lowest BCUT2D eigenvalue weighted by molar-refractivity contribution is 0.0729. The van der Waals surface area contributed by atoms with Gasteiger partial charge < -0.3 is 16.2 Å². The molecule has 14 heavy (non-hydrogen) atoms. The Bertz CT molecular complexity index is 360. The van der Waals surface area contributed by atoms with E-state index in [0.717, 1.165) is 23.4 Å². The Morgan fingerprint density at radius 3 is 2.86 bits per heavy atom. The normalized spacial score (nSPS) is 23.8. The van der Waals surface area contributed by atoms with Gasteiger partial charge >= 0.3 is 0 Å². The van der Waals surface area contributed by atoms with E-state index in [1.807, 2.05) is 32.0 Å². The van der Waals surface area contributed by atoms with Crippen LogP contribution in [-0.4, -0.2) is 5.60 Å². The van der Waals surface area contributed by atoms with Gasteiger partial charge in [-0.1, -0.05) is 0 Å². The molecule has 1 aromatic carbocycles. The summed E-state index contributed by atoms with van der Waals surface area (Å²) in [6.07, 6.45) is 0.823. The second-order valence-corrected chi connectivity index (χ2v) is 4.47. The lowest BCUT2D eigenvalue weighted by Gasteiger charge is -2.36. The second kappa shape index (κ2) is 2.89. The van der Waals surface area contributed by atoms with E-state index in [2.05, 4.69) is 0 Å². The summed E-state index contributed by atoms with van der Waals surface area (Å²) in [7, 11) is 0. The van der Waals surface area contributed by atoms with Crippen molar-refractivity contribution >= 4 is 5.69 Å². The first-order valence-corrected chi connectivity index (χ1v) is 4.82. The SMILES string of the molecule is CC1(C)CC(N)c2cc(N)ccc2O1. The average Bonchev–Trinajstić information content (AvgIpc) is 2.05. The quantitative estimate of drug-likeness (QED) is 0.616. The molecule has 0 bridgehead atoms. The maximum atomic E-state index is 6.06. The summed E-state index contributed by atoms with van der Waals surface area (Å²) in [5, 5.41) is 0. The van der Waals surface area contributed by atoms with Crippen molar-refractivity contribution in [3.63, 3.8) is 0 Å². The summed E-state index contributed by atoms with van der Waals surface area (Å²) in [6.45, 7) is 4.10. The molecule has 0 radical (unpaired) electrons. The van der Waals surface area contributed by atoms with Gasteiger partial charge in [-0.3, -0.25) is 0 Å². The van der Waals surface area contributed by atoms with Crippen LogP contribution in [0.3, 0.4) is 0 Å². The zero-order chi connectivity index (χ0) is 10.3. The molecule has 2 rings (SSSR count). The number of rotatable bonds is 0. The fourth-order valence-corrected chi connectivity index (χ4v) is 1.93. The van der Waals surface area contributed by atoms with Crippen molar-refractivity contribution in [2.45, 2.75) is 31.9 Å². The van der Waals surface area contributed by atoms with Crippen LogP contribution in [0.25, 0.3) is 0 Å². The molecule has 1 atom stereocenters. The molecule has 0 fully saturated rings. The van der Waals surface area contributed by atoms with Crippen LogP contribution < -0.4 is 16.2 Å². The molecule has 1 unspecified atom stereocenters. The first-order valence-electron chi connectivity index (χ1n) is 4.82. The van der Waals surface area contributed by atoms with Crippen molar-refractivity contribution < 1.29 is 4.74 Å². The predicted octanol–water partition coefficient (Wildman–Crippen LogP) is 1.83. The van der Waals surface area contributed by atoms with Gasteiger partial charge in [0.1, 0.15) is 11.4 Å². The van der Waals surface area contributed by atoms with Crippen molar-refractivity contribution in [2.75, 3.05) is 5.73 Å². The first kappa shape index (κ1) is 9.34. The lowest BCUT2D eigenvalue weighted by atomic mass is 9.90. The first-order chi connectivity index (χ1) is 6.48. The van der Waals surface area contributed by atoms with Gasteiger partial charge in [0, 0.05) is 23.7 Å². The molecule has 0 aromatic heterocycles. The fraction of sp³-hybridized carbons (Fsp3) is 0.455. The van der Waals surface area contributed by atoms with Crippen LogP contribution in [0.2, 0.25) is 0 Å². The Morgan fingerprint density at radius 2 is 2.14 bits per heavy atom. The van der Waals surface area contributed by atoms with Gasteiger partial charge in [-0.15, -0.1) is 0 Å². The minimum absolute atomic E-state index is 0.0252. The zero-order valence-corrected chi connectivity index (χ0v) is 8.58. The van der Waals surface area contributed by atoms with Crippen molar-refractivity contribution in [1.82, 2.24) is 0 Å². The van der Waals surface area contributed by atoms with E-state index in [1.54, 1.807) is 0 Å². The van der Waals surface area contributed by atoms with Gasteiger partial charge in [-0.25, -0.2) is 0 Å². The third kappa shape index (κ3) is 1.55. The Hall–Kier alpha value is -1.22. The van der Waals surface area contributed by atoms with E-state index in [-0.39, 0.29) is 11.6 Å². The number of anilines is 1. The molecule has 1 aromatic rings. The molecule has 4 N–H and O–H groups in total. The van der Waals surface area contributed by atoms with Gasteiger partial charge in [-0.2, -0.15) is 0 Å². The van der Waals surface area contributed by atoms with Crippen LogP contribution in [0.4, 0.5) is 5.69 Å². The van der Waals surface area contributed by atoms with Gasteiger partial charge in [0.2, 0.25) is 0 Å². The molecule has 3 nitrogen and oxygen atoms in total. The maximum Gasteiger partial charge on any atom is 0.125 e. The summed E-state index contributed by atoms with van der Waals surface area (Å²) < 4.78 is 5.81. The topological polar surface area (TPSA) is 61.3 Å². The second-order valence-electron chi connectivity index (χ2n) is 4.47. The van der Waals surface area contributed by atoms with E-state index in [9.17, 15) is 0 Å². The molecular formula is C11H16N2O. The van der Waals surface area contributed by atoms with Gasteiger partial charge in [0.05, 0.1) is 0 Å². The standard InChI is InChI=1S/C11H16N2O/c1-11(2)6-9(13)8-5-7(12)3-4-10(8)14-11/h3-5,9H,6,12-13H2,1-2H3. The molecule has 0 saturated heterocycles. The van der Waals surface area contributed by atoms with E-state index < -0.39 is 0 Å². The summed E-state index contributed by atoms with van der Waals surface area (Å²) >= 11 is 0. The van der Waals surface area contributed by atoms with Crippen LogP contribution in [0.5, 0.6) is 5.75 Å². The minimum Gasteiger partial charge on any atom is -0.487 e. The highest BCUT2D eigenvalue weighted by molar-refractivity contribution is 5.50. The molecule has 76 valence electrons. The highest BCUT2D eigenvalue weighted by atomic mass is 16.5. The molecule has 1 aliphatic rings. The van der Waals surface area contributed by atoms with Crippen LogP contribution in [0.1, 0.15) is 31.9 Å². The Balaban J connectivity index is 2.45. The third-order valence-electron chi connectivity index (χ3n) is 2.53. The van der Waals surface area contributed by atoms with Crippen LogP contribution in [0, 0.1) is 0 Å². The van der Waals surface area contributed by atoms with E-state index in [4.69, 9.17) is 16.2 Å². The highest BCUT2D eigenvalue weighted by Gasteiger charge is 2.31. The molecule has 0 spiro atoms. The largest absolute Gasteiger partial charge is 0.487 e. The zero-order valence-electron chi connectivity index (χ0n) is 8.58. The summed E-state index contributed by atoms with van der Waals surface area (Å²) in [6, 6.07) is 5.66. The molecule has 0 amide bonds. The van der Waals surface area contributed by atoms with Crippen LogP contribution in [0.15, 0.2) is 18.2 Å². The maximum absolute atomic E-state index is 6.06. The number of nitrogens with two attached hydrogens (primary N) is 2. The van der Waals surface area contributed by atoms with E-state index in [0.29, 0.717) is 0 Å². The van der Waals surface area contributed by atoms with Crippen molar-refractivity contribution in [1.29, 1.82) is 0 Å². The van der Waals surface area contributed by atoms with Crippen molar-refractivity contribution in [3.05, 3.63) is 23.8 Å². The highest BCUT2D eigenvalue weighted by Crippen LogP contribution is 2.38. The number of ether oxygens (including phenoxy) is 1. The smallest absolute Gasteiger partial charge is 0.125 e. The van der Waals surface area contributed by atoms with Gasteiger partial charge in [-0.05, 0) is 32.0 Å². The number of benzene rings is 1. The van der Waals surface area contributed by atoms with Crippen LogP contribution in [-0.2, 0) is 0 Å². The molecular weight excluding hydrogens is 176 g/mol. The van der Waals surface area contributed by atoms with Gasteiger partial charge in [0.25, 0.3) is 0 Å². The minimum atomic E-state index is -0.178. The summed E-state index contributed by atoms with van der Waals surface area (Å²) in [4.78, 5) is 0. The monoisotopic (exact) mass is 192 g/mol. The predicted molar refractivity (Wildman–Crippen MR) is 57.1 cm³/mol. The van der Waals surface area contributed by atoms with E-state index in [1.165, 1.54) is 0 Å². The van der Waals surface area contributed by atoms with Crippen LogP contribution >= 0.6 is 0 Å². The molecule has 1 heterocycles. The molecule has 1 aliphatic heterocycles. The number of fused-ring (bicyclic) bond motifs is 1. The summed E-state index contributed by atoms with van der Waals surface area (Å²) in [5.41, 5.74) is 13.3. The average molecular weight is 192 g/mol. The van der Waals surface area contributed by atoms with Crippen molar-refractivity contribution in [2.24, 2.45) is 5.73 Å². The number of nitrogen functional groups attached to an aromatic ring is 1. The molecule has 0 saturated carbocycles. The fourth-order valence-electron chi connectivity index (χ4n) is 1.93. The number of hydrogen-bond acceptors (Lipinski definition) is 3. The van der Waals surface area contributed by atoms with Crippen molar-refractivity contribution in [3.8, 4) is 5.75 Å². The Labute approximate surface area is 84.0 Å². The third-order valence-corrected chi connectivity index (χ3v) is 2.53. The van der Waals surface area contributed by atoms with Gasteiger partial charge in [0.15, 0.2) is 0 Å². The Morgan fingerprint density at radius 1 is 1.43 bits per heavy atom. The molecule has 3 heteroatoms. The Kier molecular flexibility index (Phi) is 1.93. The lowest BCUT2D eigenvalue weighted by Crippen LogP contribution is -2.37. The number of hydrogen-bond donors (Lipinski definition) is 2. The van der Waals surface area contributed by atoms with E-state index >= 15 is 0 Å².